The van der Waals surface area contributed by atoms with Crippen LogP contribution in [-0.4, -0.2) is 38.4 Å². The van der Waals surface area contributed by atoms with Gasteiger partial charge in [0.15, 0.2) is 0 Å². The largest absolute Gasteiger partial charge is 0.460 e. The van der Waals surface area contributed by atoms with Crippen LogP contribution in [0.3, 0.4) is 0 Å². The average Bonchev–Trinajstić information content (AvgIpc) is 2.61. The van der Waals surface area contributed by atoms with Gasteiger partial charge < -0.3 is 25.7 Å². The lowest BCUT2D eigenvalue weighted by molar-refractivity contribution is 0.0151. The molecule has 2 aromatic rings. The summed E-state index contributed by atoms with van der Waals surface area (Å²) in [6.45, 7) is 0.629. The molecule has 0 saturated heterocycles. The van der Waals surface area contributed by atoms with Crippen molar-refractivity contribution in [2.24, 2.45) is 0 Å². The normalized spacial score (nSPS) is 10.2. The molecular weight excluding hydrogens is 324 g/mol. The second kappa shape index (κ2) is 9.29. The van der Waals surface area contributed by atoms with Gasteiger partial charge in [-0.05, 0) is 48.5 Å². The van der Waals surface area contributed by atoms with E-state index in [4.69, 9.17) is 25.7 Å². The Hall–Kier alpha value is -3.06. The highest BCUT2D eigenvalue weighted by atomic mass is 16.6. The summed E-state index contributed by atoms with van der Waals surface area (Å²) in [5.74, 6) is -0.892. The SMILES string of the molecule is Nc1ccc(C(=O)OCCOCCOC(=O)c2ccc(N)cc2)cc1. The van der Waals surface area contributed by atoms with E-state index in [1.165, 1.54) is 0 Å². The van der Waals surface area contributed by atoms with Crippen LogP contribution >= 0.6 is 0 Å². The van der Waals surface area contributed by atoms with Gasteiger partial charge in [0.05, 0.1) is 24.3 Å². The first-order chi connectivity index (χ1) is 12.1. The summed E-state index contributed by atoms with van der Waals surface area (Å²) in [6, 6.07) is 12.9. The van der Waals surface area contributed by atoms with Crippen molar-refractivity contribution in [1.29, 1.82) is 0 Å². The summed E-state index contributed by atoms with van der Waals surface area (Å²) in [7, 11) is 0. The first-order valence-corrected chi connectivity index (χ1v) is 7.69. The number of anilines is 2. The Morgan fingerprint density at radius 3 is 1.36 bits per heavy atom. The quantitative estimate of drug-likeness (QED) is 0.427. The highest BCUT2D eigenvalue weighted by Gasteiger charge is 2.07. The number of benzene rings is 2. The van der Waals surface area contributed by atoms with Crippen LogP contribution in [0, 0.1) is 0 Å². The van der Waals surface area contributed by atoms with Crippen LogP contribution in [-0.2, 0) is 14.2 Å². The van der Waals surface area contributed by atoms with Gasteiger partial charge in [-0.1, -0.05) is 0 Å². The molecule has 0 amide bonds. The topological polar surface area (TPSA) is 114 Å². The van der Waals surface area contributed by atoms with Gasteiger partial charge in [0.25, 0.3) is 0 Å². The summed E-state index contributed by atoms with van der Waals surface area (Å²) < 4.78 is 15.4. The molecule has 2 rings (SSSR count). The number of esters is 2. The lowest BCUT2D eigenvalue weighted by Gasteiger charge is -2.07. The van der Waals surface area contributed by atoms with Crippen molar-refractivity contribution in [3.63, 3.8) is 0 Å². The second-order valence-electron chi connectivity index (χ2n) is 5.13. The first kappa shape index (κ1) is 18.3. The second-order valence-corrected chi connectivity index (χ2v) is 5.13. The third-order valence-electron chi connectivity index (χ3n) is 3.21. The Labute approximate surface area is 145 Å². The Morgan fingerprint density at radius 2 is 1.00 bits per heavy atom. The summed E-state index contributed by atoms with van der Waals surface area (Å²) in [6.07, 6.45) is 0. The molecule has 2 aromatic carbocycles. The van der Waals surface area contributed by atoms with Crippen LogP contribution in [0.5, 0.6) is 0 Å². The number of nitrogen functional groups attached to an aromatic ring is 2. The van der Waals surface area contributed by atoms with E-state index in [-0.39, 0.29) is 26.4 Å². The third-order valence-corrected chi connectivity index (χ3v) is 3.21. The Balaban J connectivity index is 1.56. The summed E-state index contributed by atoms with van der Waals surface area (Å²) in [5.41, 5.74) is 13.1. The average molecular weight is 344 g/mol. The molecule has 0 unspecified atom stereocenters. The van der Waals surface area contributed by atoms with Gasteiger partial charge >= 0.3 is 11.9 Å². The molecule has 7 nitrogen and oxygen atoms in total. The molecule has 25 heavy (non-hydrogen) atoms. The molecule has 0 bridgehead atoms. The van der Waals surface area contributed by atoms with Crippen molar-refractivity contribution >= 4 is 23.3 Å². The molecule has 0 radical (unpaired) electrons. The van der Waals surface area contributed by atoms with E-state index < -0.39 is 11.9 Å². The van der Waals surface area contributed by atoms with Crippen LogP contribution in [0.15, 0.2) is 48.5 Å². The van der Waals surface area contributed by atoms with E-state index in [2.05, 4.69) is 0 Å². The number of hydrogen-bond acceptors (Lipinski definition) is 7. The molecule has 0 aromatic heterocycles. The molecule has 4 N–H and O–H groups in total. The van der Waals surface area contributed by atoms with Crippen LogP contribution in [0.4, 0.5) is 11.4 Å². The molecule has 0 aliphatic rings. The zero-order valence-corrected chi connectivity index (χ0v) is 13.6. The molecule has 0 atom stereocenters. The van der Waals surface area contributed by atoms with Crippen LogP contribution in [0.1, 0.15) is 20.7 Å². The van der Waals surface area contributed by atoms with Gasteiger partial charge in [-0.2, -0.15) is 0 Å². The van der Waals surface area contributed by atoms with E-state index in [1.807, 2.05) is 0 Å². The van der Waals surface area contributed by atoms with Gasteiger partial charge in [0.2, 0.25) is 0 Å². The standard InChI is InChI=1S/C18H20N2O5/c19-15-5-1-13(2-6-15)17(21)24-11-9-23-10-12-25-18(22)14-3-7-16(20)8-4-14/h1-8H,9-12,19-20H2. The molecule has 0 heterocycles. The molecule has 7 heteroatoms. The van der Waals surface area contributed by atoms with Gasteiger partial charge in [-0.25, -0.2) is 9.59 Å². The maximum absolute atomic E-state index is 11.7. The Bertz CT molecular complexity index is 637. The molecular formula is C18H20N2O5. The highest BCUT2D eigenvalue weighted by molar-refractivity contribution is 5.90. The predicted octanol–water partition coefficient (Wildman–Crippen LogP) is 1.88. The number of hydrogen-bond donors (Lipinski definition) is 2. The molecule has 0 saturated carbocycles. The molecule has 0 aliphatic carbocycles. The van der Waals surface area contributed by atoms with Crippen LogP contribution in [0.25, 0.3) is 0 Å². The fraction of sp³-hybridized carbons (Fsp3) is 0.222. The molecule has 0 fully saturated rings. The first-order valence-electron chi connectivity index (χ1n) is 7.69. The number of ether oxygens (including phenoxy) is 3. The van der Waals surface area contributed by atoms with Crippen molar-refractivity contribution in [3.05, 3.63) is 59.7 Å². The third kappa shape index (κ3) is 6.15. The minimum Gasteiger partial charge on any atom is -0.460 e. The van der Waals surface area contributed by atoms with Gasteiger partial charge in [0.1, 0.15) is 13.2 Å². The summed E-state index contributed by atoms with van der Waals surface area (Å²) >= 11 is 0. The minimum absolute atomic E-state index is 0.106. The number of carbonyl (C=O) groups excluding carboxylic acids is 2. The predicted molar refractivity (Wildman–Crippen MR) is 93.1 cm³/mol. The zero-order valence-electron chi connectivity index (χ0n) is 13.6. The lowest BCUT2D eigenvalue weighted by Crippen LogP contribution is -2.14. The Kier molecular flexibility index (Phi) is 6.79. The van der Waals surface area contributed by atoms with Crippen molar-refractivity contribution in [1.82, 2.24) is 0 Å². The van der Waals surface area contributed by atoms with E-state index in [9.17, 15) is 9.59 Å². The van der Waals surface area contributed by atoms with Crippen molar-refractivity contribution in [3.8, 4) is 0 Å². The van der Waals surface area contributed by atoms with Gasteiger partial charge in [-0.15, -0.1) is 0 Å². The minimum atomic E-state index is -0.446. The molecule has 0 spiro atoms. The van der Waals surface area contributed by atoms with Crippen LogP contribution < -0.4 is 11.5 Å². The van der Waals surface area contributed by atoms with Gasteiger partial charge in [-0.3, -0.25) is 0 Å². The molecule has 132 valence electrons. The fourth-order valence-corrected chi connectivity index (χ4v) is 1.89. The highest BCUT2D eigenvalue weighted by Crippen LogP contribution is 2.07. The number of rotatable bonds is 8. The smallest absolute Gasteiger partial charge is 0.338 e. The number of carbonyl (C=O) groups is 2. The van der Waals surface area contributed by atoms with E-state index >= 15 is 0 Å². The monoisotopic (exact) mass is 344 g/mol. The van der Waals surface area contributed by atoms with Crippen LogP contribution in [0.2, 0.25) is 0 Å². The maximum atomic E-state index is 11.7. The zero-order chi connectivity index (χ0) is 18.1. The van der Waals surface area contributed by atoms with E-state index in [0.29, 0.717) is 22.5 Å². The fourth-order valence-electron chi connectivity index (χ4n) is 1.89. The van der Waals surface area contributed by atoms with E-state index in [1.54, 1.807) is 48.5 Å². The van der Waals surface area contributed by atoms with E-state index in [0.717, 1.165) is 0 Å². The summed E-state index contributed by atoms with van der Waals surface area (Å²) in [5, 5.41) is 0. The van der Waals surface area contributed by atoms with Gasteiger partial charge in [0, 0.05) is 11.4 Å². The maximum Gasteiger partial charge on any atom is 0.338 e. The molecule has 0 aliphatic heterocycles. The number of nitrogens with two attached hydrogens (primary N) is 2. The van der Waals surface area contributed by atoms with Crippen molar-refractivity contribution in [2.75, 3.05) is 37.9 Å². The van der Waals surface area contributed by atoms with Crippen molar-refractivity contribution < 1.29 is 23.8 Å². The van der Waals surface area contributed by atoms with Crippen molar-refractivity contribution in [2.45, 2.75) is 0 Å². The Morgan fingerprint density at radius 1 is 0.640 bits per heavy atom. The summed E-state index contributed by atoms with van der Waals surface area (Å²) in [4.78, 5) is 23.4. The lowest BCUT2D eigenvalue weighted by atomic mass is 10.2.